The lowest BCUT2D eigenvalue weighted by atomic mass is 10.1. The number of hydrogen-bond acceptors (Lipinski definition) is 4. The van der Waals surface area contributed by atoms with E-state index in [1.807, 2.05) is 36.4 Å². The molecule has 0 aromatic heterocycles. The minimum atomic E-state index is -0.587. The van der Waals surface area contributed by atoms with E-state index in [0.29, 0.717) is 0 Å². The van der Waals surface area contributed by atoms with E-state index in [-0.39, 0.29) is 23.4 Å². The SMILES string of the molecule is O=C1c2ccc([N+](=O)[O-])cc2C(=O)N1C/C=C/c1ccccc1. The number of fused-ring (bicyclic) bond motifs is 1. The number of rotatable bonds is 4. The van der Waals surface area contributed by atoms with Gasteiger partial charge in [0.2, 0.25) is 0 Å². The summed E-state index contributed by atoms with van der Waals surface area (Å²) in [6.07, 6.45) is 3.53. The topological polar surface area (TPSA) is 80.5 Å². The van der Waals surface area contributed by atoms with Gasteiger partial charge in [0, 0.05) is 18.7 Å². The van der Waals surface area contributed by atoms with E-state index < -0.39 is 16.7 Å². The first-order chi connectivity index (χ1) is 11.1. The predicted molar refractivity (Wildman–Crippen MR) is 83.9 cm³/mol. The molecule has 0 aliphatic carbocycles. The van der Waals surface area contributed by atoms with Gasteiger partial charge in [0.05, 0.1) is 16.1 Å². The molecule has 1 aliphatic heterocycles. The van der Waals surface area contributed by atoms with Gasteiger partial charge in [0.15, 0.2) is 0 Å². The van der Waals surface area contributed by atoms with Gasteiger partial charge in [-0.3, -0.25) is 24.6 Å². The summed E-state index contributed by atoms with van der Waals surface area (Å²) >= 11 is 0. The summed E-state index contributed by atoms with van der Waals surface area (Å²) in [5.41, 5.74) is 1.04. The first-order valence-corrected chi connectivity index (χ1v) is 6.94. The fourth-order valence-electron chi connectivity index (χ4n) is 2.42. The van der Waals surface area contributed by atoms with Gasteiger partial charge in [0.25, 0.3) is 17.5 Å². The summed E-state index contributed by atoms with van der Waals surface area (Å²) in [6, 6.07) is 13.2. The average Bonchev–Trinajstić information content (AvgIpc) is 2.80. The third-order valence-electron chi connectivity index (χ3n) is 3.56. The highest BCUT2D eigenvalue weighted by Crippen LogP contribution is 2.26. The second-order valence-electron chi connectivity index (χ2n) is 5.02. The number of amides is 2. The maximum atomic E-state index is 12.3. The third kappa shape index (κ3) is 2.74. The fraction of sp³-hybridized carbons (Fsp3) is 0.0588. The van der Waals surface area contributed by atoms with Gasteiger partial charge in [-0.25, -0.2) is 0 Å². The molecule has 0 saturated heterocycles. The number of hydrogen-bond donors (Lipinski definition) is 0. The zero-order chi connectivity index (χ0) is 16.4. The monoisotopic (exact) mass is 308 g/mol. The zero-order valence-corrected chi connectivity index (χ0v) is 12.0. The van der Waals surface area contributed by atoms with Crippen molar-refractivity contribution in [2.45, 2.75) is 0 Å². The summed E-state index contributed by atoms with van der Waals surface area (Å²) in [4.78, 5) is 35.8. The molecular formula is C17H12N2O4. The Balaban J connectivity index is 1.80. The van der Waals surface area contributed by atoms with Gasteiger partial charge >= 0.3 is 0 Å². The standard InChI is InChI=1S/C17H12N2O4/c20-16-14-9-8-13(19(22)23)11-15(14)17(21)18(16)10-4-7-12-5-2-1-3-6-12/h1-9,11H,10H2/b7-4+. The Morgan fingerprint density at radius 3 is 2.39 bits per heavy atom. The van der Waals surface area contributed by atoms with Crippen molar-refractivity contribution in [2.75, 3.05) is 6.54 Å². The van der Waals surface area contributed by atoms with Crippen LogP contribution < -0.4 is 0 Å². The van der Waals surface area contributed by atoms with Crippen molar-refractivity contribution in [1.82, 2.24) is 4.90 Å². The number of benzene rings is 2. The first kappa shape index (κ1) is 14.6. The molecule has 0 unspecified atom stereocenters. The summed E-state index contributed by atoms with van der Waals surface area (Å²) in [5, 5.41) is 10.8. The van der Waals surface area contributed by atoms with Crippen molar-refractivity contribution in [2.24, 2.45) is 0 Å². The number of carbonyl (C=O) groups excluding carboxylic acids is 2. The number of nitro benzene ring substituents is 1. The normalized spacial score (nSPS) is 13.7. The molecule has 1 aliphatic rings. The summed E-state index contributed by atoms with van der Waals surface area (Å²) < 4.78 is 0. The van der Waals surface area contributed by atoms with Crippen LogP contribution in [0.25, 0.3) is 6.08 Å². The van der Waals surface area contributed by atoms with Gasteiger partial charge in [0.1, 0.15) is 0 Å². The van der Waals surface area contributed by atoms with Crippen LogP contribution in [0.5, 0.6) is 0 Å². The largest absolute Gasteiger partial charge is 0.270 e. The molecule has 0 bridgehead atoms. The Hall–Kier alpha value is -3.28. The Kier molecular flexibility index (Phi) is 3.72. The molecule has 0 spiro atoms. The van der Waals surface area contributed by atoms with Crippen LogP contribution in [-0.2, 0) is 0 Å². The van der Waals surface area contributed by atoms with Crippen LogP contribution in [0.2, 0.25) is 0 Å². The van der Waals surface area contributed by atoms with Crippen molar-refractivity contribution in [1.29, 1.82) is 0 Å². The van der Waals surface area contributed by atoms with Crippen molar-refractivity contribution >= 4 is 23.6 Å². The van der Waals surface area contributed by atoms with Crippen LogP contribution in [0, 0.1) is 10.1 Å². The molecule has 0 atom stereocenters. The zero-order valence-electron chi connectivity index (χ0n) is 12.0. The van der Waals surface area contributed by atoms with Gasteiger partial charge < -0.3 is 0 Å². The molecule has 0 N–H and O–H groups in total. The molecular weight excluding hydrogens is 296 g/mol. The molecule has 2 aromatic rings. The van der Waals surface area contributed by atoms with Gasteiger partial charge in [-0.05, 0) is 11.6 Å². The molecule has 114 valence electrons. The van der Waals surface area contributed by atoms with Crippen molar-refractivity contribution in [3.05, 3.63) is 81.4 Å². The van der Waals surface area contributed by atoms with Crippen LogP contribution in [0.1, 0.15) is 26.3 Å². The molecule has 2 aromatic carbocycles. The molecule has 6 heteroatoms. The van der Waals surface area contributed by atoms with Crippen molar-refractivity contribution in [3.63, 3.8) is 0 Å². The van der Waals surface area contributed by atoms with Gasteiger partial charge in [-0.2, -0.15) is 0 Å². The molecule has 0 fully saturated rings. The number of carbonyl (C=O) groups is 2. The number of nitro groups is 1. The van der Waals surface area contributed by atoms with Crippen LogP contribution in [0.3, 0.4) is 0 Å². The molecule has 0 saturated carbocycles. The Morgan fingerprint density at radius 2 is 1.70 bits per heavy atom. The van der Waals surface area contributed by atoms with E-state index >= 15 is 0 Å². The Labute approximate surface area is 131 Å². The summed E-state index contributed by atoms with van der Waals surface area (Å²) in [7, 11) is 0. The molecule has 2 amide bonds. The number of nitrogens with zero attached hydrogens (tertiary/aromatic N) is 2. The van der Waals surface area contributed by atoms with E-state index in [1.54, 1.807) is 6.08 Å². The van der Waals surface area contributed by atoms with E-state index in [0.717, 1.165) is 16.5 Å². The molecule has 23 heavy (non-hydrogen) atoms. The van der Waals surface area contributed by atoms with Crippen LogP contribution in [0.4, 0.5) is 5.69 Å². The van der Waals surface area contributed by atoms with Crippen molar-refractivity contribution < 1.29 is 14.5 Å². The summed E-state index contributed by atoms with van der Waals surface area (Å²) in [6.45, 7) is 0.120. The minimum absolute atomic E-state index is 0.0808. The Bertz CT molecular complexity index is 828. The smallest absolute Gasteiger partial charge is 0.270 e. The van der Waals surface area contributed by atoms with Crippen LogP contribution in [0.15, 0.2) is 54.6 Å². The molecule has 0 radical (unpaired) electrons. The molecule has 1 heterocycles. The molecule has 6 nitrogen and oxygen atoms in total. The van der Waals surface area contributed by atoms with Gasteiger partial charge in [-0.15, -0.1) is 0 Å². The quantitative estimate of drug-likeness (QED) is 0.494. The third-order valence-corrected chi connectivity index (χ3v) is 3.56. The lowest BCUT2D eigenvalue weighted by Crippen LogP contribution is -2.29. The predicted octanol–water partition coefficient (Wildman–Crippen LogP) is 2.90. The number of imide groups is 1. The van der Waals surface area contributed by atoms with Gasteiger partial charge in [-0.1, -0.05) is 42.5 Å². The second-order valence-corrected chi connectivity index (χ2v) is 5.02. The fourth-order valence-corrected chi connectivity index (χ4v) is 2.42. The first-order valence-electron chi connectivity index (χ1n) is 6.94. The lowest BCUT2D eigenvalue weighted by molar-refractivity contribution is -0.384. The Morgan fingerprint density at radius 1 is 1.00 bits per heavy atom. The highest BCUT2D eigenvalue weighted by Gasteiger charge is 2.35. The highest BCUT2D eigenvalue weighted by atomic mass is 16.6. The highest BCUT2D eigenvalue weighted by molar-refractivity contribution is 6.21. The minimum Gasteiger partial charge on any atom is -0.270 e. The number of non-ortho nitro benzene ring substituents is 1. The van der Waals surface area contributed by atoms with Crippen molar-refractivity contribution in [3.8, 4) is 0 Å². The maximum Gasteiger partial charge on any atom is 0.270 e. The summed E-state index contributed by atoms with van der Waals surface area (Å²) in [5.74, 6) is -0.941. The van der Waals surface area contributed by atoms with E-state index in [2.05, 4.69) is 0 Å². The van der Waals surface area contributed by atoms with Crippen LogP contribution in [-0.4, -0.2) is 28.2 Å². The van der Waals surface area contributed by atoms with E-state index in [4.69, 9.17) is 0 Å². The van der Waals surface area contributed by atoms with E-state index in [1.165, 1.54) is 12.1 Å². The second kappa shape index (κ2) is 5.84. The van der Waals surface area contributed by atoms with E-state index in [9.17, 15) is 19.7 Å². The van der Waals surface area contributed by atoms with Crippen LogP contribution >= 0.6 is 0 Å². The average molecular weight is 308 g/mol. The molecule has 3 rings (SSSR count). The maximum absolute atomic E-state index is 12.3. The lowest BCUT2D eigenvalue weighted by Gasteiger charge is -2.10.